The number of rotatable bonds is 0. The van der Waals surface area contributed by atoms with Gasteiger partial charge in [-0.15, -0.1) is 0 Å². The number of hydrogen-bond donors (Lipinski definition) is 2. The second-order valence-corrected chi connectivity index (χ2v) is 6.80. The van der Waals surface area contributed by atoms with E-state index in [1.54, 1.807) is 36.4 Å². The zero-order valence-corrected chi connectivity index (χ0v) is 15.4. The molecule has 7 nitrogen and oxygen atoms in total. The number of amides is 1. The molecule has 2 N–H and O–H groups in total. The van der Waals surface area contributed by atoms with Crippen LogP contribution in [0.3, 0.4) is 0 Å². The van der Waals surface area contributed by atoms with Crippen LogP contribution in [0.1, 0.15) is 10.4 Å². The largest absolute Gasteiger partial charge is 0.419 e. The van der Waals surface area contributed by atoms with Gasteiger partial charge in [0.05, 0.1) is 22.2 Å². The first-order valence-corrected chi connectivity index (χ1v) is 8.41. The third kappa shape index (κ3) is 3.62. The maximum Gasteiger partial charge on any atom is 0.419 e. The zero-order chi connectivity index (χ0) is 18.1. The Kier molecular flexibility index (Phi) is 4.69. The quantitative estimate of drug-likeness (QED) is 0.494. The lowest BCUT2D eigenvalue weighted by atomic mass is 10.1. The fourth-order valence-corrected chi connectivity index (χ4v) is 2.91. The second-order valence-electron chi connectivity index (χ2n) is 4.97. The van der Waals surface area contributed by atoms with E-state index in [1.165, 1.54) is 0 Å². The van der Waals surface area contributed by atoms with Crippen molar-refractivity contribution < 1.29 is 14.0 Å². The number of aromatic nitrogens is 1. The molecule has 1 aliphatic heterocycles. The van der Waals surface area contributed by atoms with Crippen molar-refractivity contribution in [3.63, 3.8) is 0 Å². The molecule has 0 saturated heterocycles. The van der Waals surface area contributed by atoms with Crippen molar-refractivity contribution in [3.05, 3.63) is 71.9 Å². The van der Waals surface area contributed by atoms with E-state index in [0.29, 0.717) is 22.2 Å². The molecule has 9 heteroatoms. The van der Waals surface area contributed by atoms with Crippen LogP contribution in [0.4, 0.5) is 5.69 Å². The summed E-state index contributed by atoms with van der Waals surface area (Å²) in [6.45, 7) is 0. The third-order valence-electron chi connectivity index (χ3n) is 3.30. The summed E-state index contributed by atoms with van der Waals surface area (Å²) in [5, 5.41) is 2.82. The highest BCUT2D eigenvalue weighted by Gasteiger charge is 2.27. The summed E-state index contributed by atoms with van der Waals surface area (Å²) in [7, 11) is 0. The number of ketones is 1. The molecule has 2 aromatic carbocycles. The van der Waals surface area contributed by atoms with Crippen LogP contribution in [0, 0.1) is 0 Å². The van der Waals surface area contributed by atoms with Crippen LogP contribution >= 0.6 is 31.9 Å². The Bertz CT molecular complexity index is 1130. The van der Waals surface area contributed by atoms with E-state index in [2.05, 4.69) is 46.6 Å². The van der Waals surface area contributed by atoms with Crippen LogP contribution < -0.4 is 16.7 Å². The predicted molar refractivity (Wildman–Crippen MR) is 97.9 cm³/mol. The van der Waals surface area contributed by atoms with Gasteiger partial charge in [-0.1, -0.05) is 31.9 Å². The van der Waals surface area contributed by atoms with E-state index in [9.17, 15) is 19.2 Å². The minimum Gasteiger partial charge on any atom is -0.372 e. The van der Waals surface area contributed by atoms with Crippen molar-refractivity contribution in [2.24, 2.45) is 0 Å². The van der Waals surface area contributed by atoms with E-state index in [1.807, 2.05) is 0 Å². The molecule has 1 aliphatic rings. The Balaban J connectivity index is 0.000000146. The maximum atomic E-state index is 11.1. The molecule has 4 rings (SSSR count). The predicted octanol–water partition coefficient (Wildman–Crippen LogP) is 2.83. The lowest BCUT2D eigenvalue weighted by Crippen LogP contribution is -2.14. The molecule has 1 amide bonds. The third-order valence-corrected chi connectivity index (χ3v) is 4.29. The lowest BCUT2D eigenvalue weighted by molar-refractivity contribution is -0.112. The first-order chi connectivity index (χ1) is 11.8. The molecule has 0 spiro atoms. The number of aromatic amines is 1. The molecule has 3 aromatic rings. The molecular formula is C16H8Br2N2O5. The summed E-state index contributed by atoms with van der Waals surface area (Å²) in [6, 6.07) is 10.1. The first-order valence-electron chi connectivity index (χ1n) is 6.83. The molecule has 0 saturated carbocycles. The topological polar surface area (TPSA) is 109 Å². The molecule has 1 aromatic heterocycles. The van der Waals surface area contributed by atoms with E-state index in [0.717, 1.165) is 8.95 Å². The van der Waals surface area contributed by atoms with Crippen LogP contribution in [0.2, 0.25) is 0 Å². The van der Waals surface area contributed by atoms with E-state index < -0.39 is 23.1 Å². The number of nitrogens with one attached hydrogen (secondary N) is 2. The normalized spacial score (nSPS) is 12.4. The van der Waals surface area contributed by atoms with Gasteiger partial charge in [-0.2, -0.15) is 0 Å². The van der Waals surface area contributed by atoms with Crippen molar-refractivity contribution in [1.29, 1.82) is 0 Å². The number of H-pyrrole nitrogens is 1. The number of fused-ring (bicyclic) bond motifs is 2. The number of benzene rings is 2. The average molecular weight is 468 g/mol. The van der Waals surface area contributed by atoms with Crippen LogP contribution in [0.5, 0.6) is 0 Å². The summed E-state index contributed by atoms with van der Waals surface area (Å²) >= 11 is 6.43. The van der Waals surface area contributed by atoms with Gasteiger partial charge in [0.2, 0.25) is 0 Å². The second kappa shape index (κ2) is 6.77. The van der Waals surface area contributed by atoms with E-state index in [4.69, 9.17) is 0 Å². The summed E-state index contributed by atoms with van der Waals surface area (Å²) < 4.78 is 5.92. The van der Waals surface area contributed by atoms with Crippen LogP contribution in [0.25, 0.3) is 10.9 Å². The van der Waals surface area contributed by atoms with Crippen molar-refractivity contribution in [1.82, 2.24) is 4.98 Å². The Morgan fingerprint density at radius 3 is 2.32 bits per heavy atom. The van der Waals surface area contributed by atoms with Gasteiger partial charge in [-0.3, -0.25) is 14.6 Å². The average Bonchev–Trinajstić information content (AvgIpc) is 2.84. The zero-order valence-electron chi connectivity index (χ0n) is 12.3. The summed E-state index contributed by atoms with van der Waals surface area (Å²) in [5.74, 6) is -1.76. The molecule has 2 heterocycles. The highest BCUT2D eigenvalue weighted by atomic mass is 79.9. The van der Waals surface area contributed by atoms with Crippen LogP contribution in [-0.2, 0) is 4.79 Å². The van der Waals surface area contributed by atoms with Crippen molar-refractivity contribution in [2.45, 2.75) is 0 Å². The fraction of sp³-hybridized carbons (Fsp3) is 0. The standard InChI is InChI=1S/C8H4BrNO3.C8H4BrNO2/c9-4-1-2-6-5(3-4)7(11)13-8(12)10-6;9-4-1-2-6-5(3-4)7(11)8(12)10-6/h1-3H,(H,10,12);1-3H,(H,10,11,12). The molecule has 25 heavy (non-hydrogen) atoms. The van der Waals surface area contributed by atoms with Gasteiger partial charge in [0.1, 0.15) is 0 Å². The maximum absolute atomic E-state index is 11.1. The SMILES string of the molecule is O=C1Nc2ccc(Br)cc2C1=O.O=c1[nH]c2ccc(Br)cc2c(=O)o1. The smallest absolute Gasteiger partial charge is 0.372 e. The van der Waals surface area contributed by atoms with Crippen molar-refractivity contribution in [3.8, 4) is 0 Å². The lowest BCUT2D eigenvalue weighted by Gasteiger charge is -1.95. The van der Waals surface area contributed by atoms with Gasteiger partial charge < -0.3 is 9.73 Å². The molecular weight excluding hydrogens is 460 g/mol. The Labute approximate surface area is 156 Å². The van der Waals surface area contributed by atoms with Gasteiger partial charge in [0.25, 0.3) is 11.7 Å². The fourth-order valence-electron chi connectivity index (χ4n) is 2.18. The number of anilines is 1. The molecule has 0 aliphatic carbocycles. The Morgan fingerprint density at radius 1 is 0.880 bits per heavy atom. The molecule has 0 atom stereocenters. The molecule has 0 unspecified atom stereocenters. The summed E-state index contributed by atoms with van der Waals surface area (Å²) in [5.41, 5.74) is 0.882. The number of hydrogen-bond acceptors (Lipinski definition) is 5. The summed E-state index contributed by atoms with van der Waals surface area (Å²) in [4.78, 5) is 46.3. The number of carbonyl (C=O) groups excluding carboxylic acids is 2. The van der Waals surface area contributed by atoms with Gasteiger partial charge >= 0.3 is 11.4 Å². The van der Waals surface area contributed by atoms with Gasteiger partial charge in [-0.25, -0.2) is 9.59 Å². The Hall–Kier alpha value is -2.52. The number of Topliss-reactive ketones (excluding diaryl/α,β-unsaturated/α-hetero) is 1. The van der Waals surface area contributed by atoms with Crippen LogP contribution in [0.15, 0.2) is 59.3 Å². The summed E-state index contributed by atoms with van der Waals surface area (Å²) in [6.07, 6.45) is 0. The molecule has 126 valence electrons. The molecule has 0 radical (unpaired) electrons. The van der Waals surface area contributed by atoms with Gasteiger partial charge in [0, 0.05) is 8.95 Å². The number of halogens is 2. The van der Waals surface area contributed by atoms with Crippen molar-refractivity contribution >= 4 is 60.1 Å². The minimum absolute atomic E-state index is 0.356. The first kappa shape index (κ1) is 17.3. The number of carbonyl (C=O) groups is 2. The van der Waals surface area contributed by atoms with Crippen LogP contribution in [-0.4, -0.2) is 16.7 Å². The monoisotopic (exact) mass is 466 g/mol. The van der Waals surface area contributed by atoms with E-state index in [-0.39, 0.29) is 0 Å². The highest BCUT2D eigenvalue weighted by molar-refractivity contribution is 9.10. The van der Waals surface area contributed by atoms with E-state index >= 15 is 0 Å². The molecule has 0 fully saturated rings. The Morgan fingerprint density at radius 2 is 1.56 bits per heavy atom. The minimum atomic E-state index is -0.736. The van der Waals surface area contributed by atoms with Gasteiger partial charge in [0.15, 0.2) is 0 Å². The highest BCUT2D eigenvalue weighted by Crippen LogP contribution is 2.25. The molecule has 0 bridgehead atoms. The van der Waals surface area contributed by atoms with Crippen molar-refractivity contribution in [2.75, 3.05) is 5.32 Å². The van der Waals surface area contributed by atoms with Gasteiger partial charge in [-0.05, 0) is 36.4 Å².